The van der Waals surface area contributed by atoms with Crippen LogP contribution in [0.5, 0.6) is 5.75 Å². The molecule has 0 spiro atoms. The standard InChI is InChI=1S/C19H17Cl2NO4/c1-25-19(24)17-10-13-16(3-2-4-18(13)26-8-7-23)22(17)11-12-5-6-14(20)15(21)9-12/h2-6,9-10,23H,7-8,11H2,1H3. The normalized spacial score (nSPS) is 10.9. The third-order valence-corrected chi connectivity index (χ3v) is 4.71. The molecule has 5 nitrogen and oxygen atoms in total. The minimum atomic E-state index is -0.450. The van der Waals surface area contributed by atoms with Gasteiger partial charge in [0.15, 0.2) is 0 Å². The van der Waals surface area contributed by atoms with Crippen LogP contribution in [0.2, 0.25) is 10.0 Å². The summed E-state index contributed by atoms with van der Waals surface area (Å²) >= 11 is 12.1. The summed E-state index contributed by atoms with van der Waals surface area (Å²) in [5.41, 5.74) is 2.10. The zero-order valence-corrected chi connectivity index (χ0v) is 15.5. The Morgan fingerprint density at radius 2 is 1.96 bits per heavy atom. The second-order valence-corrected chi connectivity index (χ2v) is 6.43. The number of aromatic nitrogens is 1. The Bertz CT molecular complexity index is 952. The van der Waals surface area contributed by atoms with E-state index in [2.05, 4.69) is 0 Å². The molecule has 136 valence electrons. The molecule has 0 saturated heterocycles. The Hall–Kier alpha value is -2.21. The van der Waals surface area contributed by atoms with Crippen LogP contribution in [0.4, 0.5) is 0 Å². The smallest absolute Gasteiger partial charge is 0.354 e. The predicted octanol–water partition coefficient (Wildman–Crippen LogP) is 4.15. The summed E-state index contributed by atoms with van der Waals surface area (Å²) < 4.78 is 12.3. The van der Waals surface area contributed by atoms with Gasteiger partial charge in [0.2, 0.25) is 0 Å². The van der Waals surface area contributed by atoms with Crippen molar-refractivity contribution in [2.75, 3.05) is 20.3 Å². The molecule has 2 aromatic carbocycles. The van der Waals surface area contributed by atoms with Gasteiger partial charge in [-0.25, -0.2) is 4.79 Å². The second-order valence-electron chi connectivity index (χ2n) is 5.62. The molecule has 1 N–H and O–H groups in total. The highest BCUT2D eigenvalue weighted by Gasteiger charge is 2.19. The highest BCUT2D eigenvalue weighted by atomic mass is 35.5. The zero-order valence-electron chi connectivity index (χ0n) is 14.0. The molecule has 0 aliphatic carbocycles. The molecule has 0 atom stereocenters. The van der Waals surface area contributed by atoms with E-state index in [-0.39, 0.29) is 13.2 Å². The lowest BCUT2D eigenvalue weighted by molar-refractivity contribution is 0.0589. The van der Waals surface area contributed by atoms with Gasteiger partial charge >= 0.3 is 5.97 Å². The lowest BCUT2D eigenvalue weighted by Crippen LogP contribution is -2.11. The van der Waals surface area contributed by atoms with Gasteiger partial charge in [-0.2, -0.15) is 0 Å². The maximum absolute atomic E-state index is 12.3. The molecule has 0 amide bonds. The predicted molar refractivity (Wildman–Crippen MR) is 101 cm³/mol. The molecule has 3 aromatic rings. The quantitative estimate of drug-likeness (QED) is 0.638. The van der Waals surface area contributed by atoms with Gasteiger partial charge in [0.1, 0.15) is 18.1 Å². The van der Waals surface area contributed by atoms with Crippen LogP contribution in [0.1, 0.15) is 16.1 Å². The molecule has 0 saturated carbocycles. The van der Waals surface area contributed by atoms with Gasteiger partial charge < -0.3 is 19.1 Å². The molecule has 1 aromatic heterocycles. The Kier molecular flexibility index (Phi) is 5.71. The fraction of sp³-hybridized carbons (Fsp3) is 0.211. The number of hydrogen-bond acceptors (Lipinski definition) is 4. The Morgan fingerprint density at radius 3 is 2.65 bits per heavy atom. The van der Waals surface area contributed by atoms with Crippen LogP contribution < -0.4 is 4.74 Å². The van der Waals surface area contributed by atoms with Crippen molar-refractivity contribution < 1.29 is 19.4 Å². The number of aliphatic hydroxyl groups excluding tert-OH is 1. The second kappa shape index (κ2) is 7.99. The molecular formula is C19H17Cl2NO4. The number of nitrogens with zero attached hydrogens (tertiary/aromatic N) is 1. The number of fused-ring (bicyclic) bond motifs is 1. The number of rotatable bonds is 6. The third kappa shape index (κ3) is 3.65. The van der Waals surface area contributed by atoms with Crippen LogP contribution in [0.3, 0.4) is 0 Å². The SMILES string of the molecule is COC(=O)c1cc2c(OCCO)cccc2n1Cc1ccc(Cl)c(Cl)c1. The van der Waals surface area contributed by atoms with Gasteiger partial charge in [-0.3, -0.25) is 0 Å². The van der Waals surface area contributed by atoms with Crippen LogP contribution >= 0.6 is 23.2 Å². The number of ether oxygens (including phenoxy) is 2. The summed E-state index contributed by atoms with van der Waals surface area (Å²) in [6, 6.07) is 12.6. The zero-order chi connectivity index (χ0) is 18.7. The molecule has 0 fully saturated rings. The average Bonchev–Trinajstić information content (AvgIpc) is 3.01. The van der Waals surface area contributed by atoms with Gasteiger partial charge in [0.05, 0.1) is 29.3 Å². The van der Waals surface area contributed by atoms with Crippen molar-refractivity contribution >= 4 is 40.1 Å². The van der Waals surface area contributed by atoms with E-state index >= 15 is 0 Å². The molecule has 0 radical (unpaired) electrons. The van der Waals surface area contributed by atoms with Crippen LogP contribution in [-0.4, -0.2) is 36.0 Å². The van der Waals surface area contributed by atoms with E-state index in [1.165, 1.54) is 7.11 Å². The lowest BCUT2D eigenvalue weighted by atomic mass is 10.2. The summed E-state index contributed by atoms with van der Waals surface area (Å²) in [5.74, 6) is 0.143. The number of halogens is 2. The number of benzene rings is 2. The maximum atomic E-state index is 12.3. The third-order valence-electron chi connectivity index (χ3n) is 3.97. The van der Waals surface area contributed by atoms with Gasteiger partial charge in [0, 0.05) is 11.9 Å². The van der Waals surface area contributed by atoms with E-state index in [1.807, 2.05) is 22.8 Å². The van der Waals surface area contributed by atoms with Crippen molar-refractivity contribution in [2.45, 2.75) is 6.54 Å². The fourth-order valence-corrected chi connectivity index (χ4v) is 3.12. The topological polar surface area (TPSA) is 60.7 Å². The van der Waals surface area contributed by atoms with Gasteiger partial charge in [0.25, 0.3) is 0 Å². The van der Waals surface area contributed by atoms with Gasteiger partial charge in [-0.05, 0) is 35.9 Å². The fourth-order valence-electron chi connectivity index (χ4n) is 2.80. The molecule has 1 heterocycles. The van der Waals surface area contributed by atoms with Crippen molar-refractivity contribution in [3.63, 3.8) is 0 Å². The van der Waals surface area contributed by atoms with Gasteiger partial charge in [-0.1, -0.05) is 35.3 Å². The summed E-state index contributed by atoms with van der Waals surface area (Å²) in [6.45, 7) is 0.489. The van der Waals surface area contributed by atoms with E-state index in [0.29, 0.717) is 28.0 Å². The van der Waals surface area contributed by atoms with Crippen LogP contribution in [0.25, 0.3) is 10.9 Å². The minimum absolute atomic E-state index is 0.0930. The van der Waals surface area contributed by atoms with Gasteiger partial charge in [-0.15, -0.1) is 0 Å². The summed E-state index contributed by atoms with van der Waals surface area (Å²) in [6.07, 6.45) is 0. The van der Waals surface area contributed by atoms with Crippen LogP contribution in [-0.2, 0) is 11.3 Å². The number of carbonyl (C=O) groups is 1. The minimum Gasteiger partial charge on any atom is -0.490 e. The Balaban J connectivity index is 2.11. The van der Waals surface area contributed by atoms with Crippen molar-refractivity contribution in [3.8, 4) is 5.75 Å². The number of methoxy groups -OCH3 is 1. The van der Waals surface area contributed by atoms with E-state index in [4.69, 9.17) is 37.8 Å². The van der Waals surface area contributed by atoms with E-state index in [1.54, 1.807) is 24.3 Å². The van der Waals surface area contributed by atoms with Crippen LogP contribution in [0, 0.1) is 0 Å². The first kappa shape index (κ1) is 18.6. The number of esters is 1. The lowest BCUT2D eigenvalue weighted by Gasteiger charge is -2.11. The summed E-state index contributed by atoms with van der Waals surface area (Å²) in [7, 11) is 1.34. The monoisotopic (exact) mass is 393 g/mol. The first-order valence-corrected chi connectivity index (χ1v) is 8.69. The highest BCUT2D eigenvalue weighted by Crippen LogP contribution is 2.31. The molecule has 0 aliphatic rings. The van der Waals surface area contributed by atoms with E-state index < -0.39 is 5.97 Å². The van der Waals surface area contributed by atoms with E-state index in [9.17, 15) is 4.79 Å². The van der Waals surface area contributed by atoms with Crippen LogP contribution in [0.15, 0.2) is 42.5 Å². The van der Waals surface area contributed by atoms with E-state index in [0.717, 1.165) is 16.5 Å². The first-order chi connectivity index (χ1) is 12.5. The Morgan fingerprint density at radius 1 is 1.15 bits per heavy atom. The summed E-state index contributed by atoms with van der Waals surface area (Å²) in [5, 5.41) is 10.7. The molecule has 0 aliphatic heterocycles. The molecule has 0 unspecified atom stereocenters. The number of aliphatic hydroxyl groups is 1. The average molecular weight is 394 g/mol. The molecule has 3 rings (SSSR count). The van der Waals surface area contributed by atoms with Crippen molar-refractivity contribution in [1.82, 2.24) is 4.57 Å². The van der Waals surface area contributed by atoms with Crippen molar-refractivity contribution in [2.24, 2.45) is 0 Å². The molecule has 26 heavy (non-hydrogen) atoms. The summed E-state index contributed by atoms with van der Waals surface area (Å²) in [4.78, 5) is 12.3. The Labute approximate surface area is 160 Å². The van der Waals surface area contributed by atoms with Crippen molar-refractivity contribution in [3.05, 3.63) is 63.8 Å². The largest absolute Gasteiger partial charge is 0.490 e. The molecule has 0 bridgehead atoms. The maximum Gasteiger partial charge on any atom is 0.354 e. The molecule has 7 heteroatoms. The highest BCUT2D eigenvalue weighted by molar-refractivity contribution is 6.42. The first-order valence-electron chi connectivity index (χ1n) is 7.93. The van der Waals surface area contributed by atoms with Crippen molar-refractivity contribution in [1.29, 1.82) is 0 Å². The number of hydrogen-bond donors (Lipinski definition) is 1. The number of carbonyl (C=O) groups excluding carboxylic acids is 1. The molecular weight excluding hydrogens is 377 g/mol.